The molecule has 2 aromatic carbocycles. The van der Waals surface area contributed by atoms with E-state index < -0.39 is 0 Å². The fourth-order valence-corrected chi connectivity index (χ4v) is 4.09. The maximum absolute atomic E-state index is 5.41. The van der Waals surface area contributed by atoms with Gasteiger partial charge in [-0.3, -0.25) is 0 Å². The highest BCUT2D eigenvalue weighted by Crippen LogP contribution is 2.34. The molecule has 0 aliphatic rings. The molecule has 0 saturated carbocycles. The van der Waals surface area contributed by atoms with Crippen molar-refractivity contribution < 1.29 is 9.47 Å². The maximum Gasteiger partial charge on any atom is 0.151 e. The minimum atomic E-state index is 0.806. The average molecular weight is 317 g/mol. The van der Waals surface area contributed by atoms with Crippen molar-refractivity contribution in [3.05, 3.63) is 48.0 Å². The fourth-order valence-electron chi connectivity index (χ4n) is 2.05. The van der Waals surface area contributed by atoms with Gasteiger partial charge in [-0.1, -0.05) is 23.9 Å². The third-order valence-corrected chi connectivity index (χ3v) is 5.34. The summed E-state index contributed by atoms with van der Waals surface area (Å²) in [5, 5.41) is 0. The molecule has 5 heteroatoms. The van der Waals surface area contributed by atoms with Gasteiger partial charge in [0.05, 0.1) is 24.4 Å². The van der Waals surface area contributed by atoms with Crippen molar-refractivity contribution in [2.45, 2.75) is 10.1 Å². The lowest BCUT2D eigenvalue weighted by Gasteiger charge is -2.09. The number of hydrogen-bond donors (Lipinski definition) is 0. The Labute approximate surface area is 131 Å². The number of hydrogen-bond acceptors (Lipinski definition) is 5. The van der Waals surface area contributed by atoms with E-state index >= 15 is 0 Å². The van der Waals surface area contributed by atoms with Gasteiger partial charge in [0.1, 0.15) is 11.5 Å². The first-order chi connectivity index (χ1) is 10.3. The van der Waals surface area contributed by atoms with E-state index in [-0.39, 0.29) is 0 Å². The molecule has 0 saturated heterocycles. The molecular formula is C16H15NO2S2. The highest BCUT2D eigenvalue weighted by Gasteiger charge is 2.08. The zero-order valence-electron chi connectivity index (χ0n) is 11.8. The van der Waals surface area contributed by atoms with Crippen LogP contribution in [0.1, 0.15) is 5.56 Å². The molecule has 0 N–H and O–H groups in total. The number of aromatic nitrogens is 1. The Kier molecular flexibility index (Phi) is 4.31. The molecule has 0 amide bonds. The second-order valence-electron chi connectivity index (χ2n) is 4.41. The first kappa shape index (κ1) is 14.2. The predicted octanol–water partition coefficient (Wildman–Crippen LogP) is 4.61. The molecule has 1 aromatic heterocycles. The molecule has 0 fully saturated rings. The van der Waals surface area contributed by atoms with E-state index in [0.29, 0.717) is 0 Å². The van der Waals surface area contributed by atoms with Gasteiger partial charge in [-0.25, -0.2) is 4.98 Å². The summed E-state index contributed by atoms with van der Waals surface area (Å²) in [7, 11) is 3.36. The standard InChI is InChI=1S/C16H15NO2S2/c1-18-12-7-8-14(19-2)11(9-12)10-20-16-17-13-5-3-4-6-15(13)21-16/h3-9H,10H2,1-2H3. The smallest absolute Gasteiger partial charge is 0.151 e. The van der Waals surface area contributed by atoms with Crippen LogP contribution in [0.25, 0.3) is 10.2 Å². The van der Waals surface area contributed by atoms with Crippen LogP contribution in [0.4, 0.5) is 0 Å². The molecular weight excluding hydrogens is 302 g/mol. The van der Waals surface area contributed by atoms with Gasteiger partial charge in [-0.05, 0) is 30.3 Å². The summed E-state index contributed by atoms with van der Waals surface area (Å²) in [4.78, 5) is 4.64. The van der Waals surface area contributed by atoms with Crippen LogP contribution in [0.3, 0.4) is 0 Å². The maximum atomic E-state index is 5.41. The van der Waals surface area contributed by atoms with Crippen LogP contribution in [0.5, 0.6) is 11.5 Å². The summed E-state index contributed by atoms with van der Waals surface area (Å²) in [6.45, 7) is 0. The van der Waals surface area contributed by atoms with Gasteiger partial charge in [0, 0.05) is 11.3 Å². The Hall–Kier alpha value is -1.72. The highest BCUT2D eigenvalue weighted by atomic mass is 32.2. The summed E-state index contributed by atoms with van der Waals surface area (Å²) >= 11 is 3.44. The lowest BCUT2D eigenvalue weighted by atomic mass is 10.2. The van der Waals surface area contributed by atoms with E-state index in [1.807, 2.05) is 36.4 Å². The van der Waals surface area contributed by atoms with E-state index in [1.165, 1.54) is 4.70 Å². The van der Waals surface area contributed by atoms with Gasteiger partial charge < -0.3 is 9.47 Å². The number of ether oxygens (including phenoxy) is 2. The molecule has 0 aliphatic carbocycles. The van der Waals surface area contributed by atoms with E-state index in [0.717, 1.165) is 32.7 Å². The number of thioether (sulfide) groups is 1. The van der Waals surface area contributed by atoms with E-state index in [1.54, 1.807) is 37.3 Å². The Balaban J connectivity index is 1.80. The number of thiazole rings is 1. The average Bonchev–Trinajstić information content (AvgIpc) is 2.95. The van der Waals surface area contributed by atoms with Crippen LogP contribution < -0.4 is 9.47 Å². The minimum absolute atomic E-state index is 0.806. The van der Waals surface area contributed by atoms with Gasteiger partial charge in [0.15, 0.2) is 4.34 Å². The third kappa shape index (κ3) is 3.14. The number of para-hydroxylation sites is 1. The van der Waals surface area contributed by atoms with Crippen LogP contribution in [-0.2, 0) is 5.75 Å². The number of fused-ring (bicyclic) bond motifs is 1. The lowest BCUT2D eigenvalue weighted by Crippen LogP contribution is -1.92. The number of rotatable bonds is 5. The second kappa shape index (κ2) is 6.37. The summed E-state index contributed by atoms with van der Waals surface area (Å²) in [6.07, 6.45) is 0. The molecule has 3 aromatic rings. The predicted molar refractivity (Wildman–Crippen MR) is 88.7 cm³/mol. The van der Waals surface area contributed by atoms with E-state index in [2.05, 4.69) is 11.1 Å². The van der Waals surface area contributed by atoms with Crippen LogP contribution in [0.2, 0.25) is 0 Å². The van der Waals surface area contributed by atoms with Crippen LogP contribution >= 0.6 is 23.1 Å². The minimum Gasteiger partial charge on any atom is -0.497 e. The monoisotopic (exact) mass is 317 g/mol. The lowest BCUT2D eigenvalue weighted by molar-refractivity contribution is 0.400. The highest BCUT2D eigenvalue weighted by molar-refractivity contribution is 8.00. The summed E-state index contributed by atoms with van der Waals surface area (Å²) in [6, 6.07) is 14.1. The Bertz CT molecular complexity index is 722. The van der Waals surface area contributed by atoms with Crippen LogP contribution in [-0.4, -0.2) is 19.2 Å². The normalized spacial score (nSPS) is 10.8. The van der Waals surface area contributed by atoms with Gasteiger partial charge in [-0.2, -0.15) is 0 Å². The summed E-state index contributed by atoms with van der Waals surface area (Å²) < 4.78 is 13.0. The summed E-state index contributed by atoms with van der Waals surface area (Å²) in [5.74, 6) is 2.53. The quantitative estimate of drug-likeness (QED) is 0.643. The van der Waals surface area contributed by atoms with Crippen molar-refractivity contribution >= 4 is 33.3 Å². The zero-order chi connectivity index (χ0) is 14.7. The Morgan fingerprint density at radius 1 is 1.10 bits per heavy atom. The number of benzene rings is 2. The molecule has 108 valence electrons. The topological polar surface area (TPSA) is 31.4 Å². The second-order valence-corrected chi connectivity index (χ2v) is 6.67. The van der Waals surface area contributed by atoms with Gasteiger partial charge >= 0.3 is 0 Å². The van der Waals surface area contributed by atoms with Crippen LogP contribution in [0.15, 0.2) is 46.8 Å². The molecule has 0 bridgehead atoms. The largest absolute Gasteiger partial charge is 0.497 e. The van der Waals surface area contributed by atoms with Crippen molar-refractivity contribution in [3.63, 3.8) is 0 Å². The van der Waals surface area contributed by atoms with E-state index in [4.69, 9.17) is 9.47 Å². The number of nitrogens with zero attached hydrogens (tertiary/aromatic N) is 1. The van der Waals surface area contributed by atoms with Gasteiger partial charge in [-0.15, -0.1) is 11.3 Å². The molecule has 3 rings (SSSR count). The van der Waals surface area contributed by atoms with Gasteiger partial charge in [0.2, 0.25) is 0 Å². The first-order valence-corrected chi connectivity index (χ1v) is 8.29. The SMILES string of the molecule is COc1ccc(OC)c(CSc2nc3ccccc3s2)c1. The van der Waals surface area contributed by atoms with Crippen molar-refractivity contribution in [2.75, 3.05) is 14.2 Å². The zero-order valence-corrected chi connectivity index (χ0v) is 13.5. The summed E-state index contributed by atoms with van der Waals surface area (Å²) in [5.41, 5.74) is 2.17. The van der Waals surface area contributed by atoms with E-state index in [9.17, 15) is 0 Å². The molecule has 21 heavy (non-hydrogen) atoms. The molecule has 1 heterocycles. The molecule has 3 nitrogen and oxygen atoms in total. The van der Waals surface area contributed by atoms with Crippen LogP contribution in [0, 0.1) is 0 Å². The van der Waals surface area contributed by atoms with Gasteiger partial charge in [0.25, 0.3) is 0 Å². The van der Waals surface area contributed by atoms with Crippen molar-refractivity contribution in [1.29, 1.82) is 0 Å². The molecule has 0 radical (unpaired) electrons. The van der Waals surface area contributed by atoms with Crippen molar-refractivity contribution in [2.24, 2.45) is 0 Å². The third-order valence-electron chi connectivity index (χ3n) is 3.11. The molecule has 0 atom stereocenters. The molecule has 0 unspecified atom stereocenters. The number of methoxy groups -OCH3 is 2. The molecule has 0 spiro atoms. The van der Waals surface area contributed by atoms with Crippen molar-refractivity contribution in [1.82, 2.24) is 4.98 Å². The fraction of sp³-hybridized carbons (Fsp3) is 0.188. The Morgan fingerprint density at radius 3 is 2.71 bits per heavy atom. The van der Waals surface area contributed by atoms with Crippen molar-refractivity contribution in [3.8, 4) is 11.5 Å². The first-order valence-electron chi connectivity index (χ1n) is 6.49. The Morgan fingerprint density at radius 2 is 1.95 bits per heavy atom. The molecule has 0 aliphatic heterocycles.